The Hall–Kier alpha value is -2.29. The van der Waals surface area contributed by atoms with E-state index in [0.29, 0.717) is 16.8 Å². The molecule has 2 aromatic carbocycles. The first kappa shape index (κ1) is 20.8. The number of anilines is 1. The fraction of sp³-hybridized carbons (Fsp3) is 0.235. The lowest BCUT2D eigenvalue weighted by Crippen LogP contribution is -2.29. The molecule has 0 spiro atoms. The Morgan fingerprint density at radius 2 is 1.92 bits per heavy atom. The van der Waals surface area contributed by atoms with Crippen LogP contribution in [-0.2, 0) is 6.54 Å². The summed E-state index contributed by atoms with van der Waals surface area (Å²) in [7, 11) is 1.81. The van der Waals surface area contributed by atoms with Gasteiger partial charge in [0.15, 0.2) is 5.84 Å². The highest BCUT2D eigenvalue weighted by Gasteiger charge is 2.09. The van der Waals surface area contributed by atoms with Crippen molar-refractivity contribution in [2.45, 2.75) is 25.3 Å². The van der Waals surface area contributed by atoms with E-state index in [1.54, 1.807) is 24.3 Å². The summed E-state index contributed by atoms with van der Waals surface area (Å²) in [6.07, 6.45) is 0. The van der Waals surface area contributed by atoms with E-state index in [9.17, 15) is 4.39 Å². The third kappa shape index (κ3) is 6.26. The molecule has 0 aliphatic rings. The van der Waals surface area contributed by atoms with Gasteiger partial charge in [-0.05, 0) is 43.3 Å². The number of nitrogens with one attached hydrogen (secondary N) is 1. The summed E-state index contributed by atoms with van der Waals surface area (Å²) in [4.78, 5) is 0.938. The van der Waals surface area contributed by atoms with Gasteiger partial charge in [-0.25, -0.2) is 15.4 Å². The Balaban J connectivity index is 0.00000151. The second kappa shape index (κ2) is 10.5. The number of hydrazone groups is 1. The number of hydrazine groups is 1. The Morgan fingerprint density at radius 3 is 2.56 bits per heavy atom. The van der Waals surface area contributed by atoms with Crippen LogP contribution in [0.4, 0.5) is 10.1 Å². The number of halogens is 1. The van der Waals surface area contributed by atoms with E-state index in [4.69, 9.17) is 17.3 Å². The molecule has 0 saturated carbocycles. The van der Waals surface area contributed by atoms with E-state index in [2.05, 4.69) is 9.82 Å². The monoisotopic (exact) mass is 364 g/mol. The lowest BCUT2D eigenvalue weighted by molar-refractivity contribution is 0.285. The first-order valence-electron chi connectivity index (χ1n) is 7.84. The molecule has 2 rings (SSSR count). The van der Waals surface area contributed by atoms with Crippen molar-refractivity contribution >= 4 is 23.5 Å². The number of hydrogen-bond acceptors (Lipinski definition) is 6. The van der Waals surface area contributed by atoms with Crippen molar-refractivity contribution in [1.82, 2.24) is 9.84 Å². The van der Waals surface area contributed by atoms with Gasteiger partial charge in [-0.1, -0.05) is 32.0 Å². The van der Waals surface area contributed by atoms with Gasteiger partial charge >= 0.3 is 0 Å². The molecule has 25 heavy (non-hydrogen) atoms. The maximum atomic E-state index is 13.6. The van der Waals surface area contributed by atoms with Crippen molar-refractivity contribution in [2.24, 2.45) is 16.7 Å². The van der Waals surface area contributed by atoms with Gasteiger partial charge in [0.05, 0.1) is 6.54 Å². The number of rotatable bonds is 6. The predicted octanol–water partition coefficient (Wildman–Crippen LogP) is 2.66. The average Bonchev–Trinajstić information content (AvgIpc) is 2.60. The average molecular weight is 364 g/mol. The molecule has 0 fully saturated rings. The van der Waals surface area contributed by atoms with Crippen LogP contribution in [0.2, 0.25) is 0 Å². The van der Waals surface area contributed by atoms with Crippen molar-refractivity contribution < 1.29 is 4.39 Å². The lowest BCUT2D eigenvalue weighted by Gasteiger charge is -2.15. The summed E-state index contributed by atoms with van der Waals surface area (Å²) in [5.41, 5.74) is 13.4. The second-order valence-corrected chi connectivity index (χ2v) is 5.81. The van der Waals surface area contributed by atoms with Crippen LogP contribution < -0.4 is 22.0 Å². The molecule has 8 heteroatoms. The van der Waals surface area contributed by atoms with Gasteiger partial charge in [0.2, 0.25) is 0 Å². The molecule has 0 atom stereocenters. The van der Waals surface area contributed by atoms with E-state index in [0.717, 1.165) is 10.0 Å². The Kier molecular flexibility index (Phi) is 8.76. The van der Waals surface area contributed by atoms with Crippen molar-refractivity contribution in [1.29, 1.82) is 0 Å². The van der Waals surface area contributed by atoms with Crippen molar-refractivity contribution in [3.8, 4) is 0 Å². The van der Waals surface area contributed by atoms with Crippen LogP contribution in [0.3, 0.4) is 0 Å². The summed E-state index contributed by atoms with van der Waals surface area (Å²) < 4.78 is 16.6. The Bertz CT molecular complexity index is 707. The second-order valence-electron chi connectivity index (χ2n) is 4.73. The SMILES string of the molecule is CC.CNSc1ccc(N)c(/C(N)=N/N(N)Cc2ccccc2F)c1. The number of nitrogens with zero attached hydrogens (tertiary/aromatic N) is 2. The number of amidine groups is 1. The molecule has 0 aliphatic carbocycles. The van der Waals surface area contributed by atoms with Gasteiger partial charge in [0.1, 0.15) is 5.82 Å². The zero-order valence-electron chi connectivity index (χ0n) is 14.7. The lowest BCUT2D eigenvalue weighted by atomic mass is 10.1. The fourth-order valence-corrected chi connectivity index (χ4v) is 2.52. The minimum absolute atomic E-state index is 0.0955. The third-order valence-electron chi connectivity index (χ3n) is 3.05. The molecule has 0 bridgehead atoms. The molecule has 0 unspecified atom stereocenters. The normalized spacial score (nSPS) is 10.8. The van der Waals surface area contributed by atoms with Crippen molar-refractivity contribution in [3.63, 3.8) is 0 Å². The minimum atomic E-state index is -0.344. The fourth-order valence-electron chi connectivity index (χ4n) is 1.97. The van der Waals surface area contributed by atoms with E-state index >= 15 is 0 Å². The number of benzene rings is 2. The molecule has 6 nitrogen and oxygen atoms in total. The standard InChI is InChI=1S/C15H19FN6S.C2H6/c1-20-23-11-6-7-14(17)12(8-11)15(18)21-22(19)9-10-4-2-3-5-13(10)16;1-2/h2-8,20H,9,17,19H2,1H3,(H2,18,21);1-2H3. The van der Waals surface area contributed by atoms with E-state index in [1.165, 1.54) is 18.0 Å². The number of nitrogen functional groups attached to an aromatic ring is 1. The molecule has 7 N–H and O–H groups in total. The topological polar surface area (TPSA) is 106 Å². The molecule has 0 heterocycles. The van der Waals surface area contributed by atoms with Gasteiger partial charge in [-0.2, -0.15) is 0 Å². The summed E-state index contributed by atoms with van der Waals surface area (Å²) in [6.45, 7) is 4.10. The van der Waals surface area contributed by atoms with Gasteiger partial charge in [-0.3, -0.25) is 4.72 Å². The molecular formula is C17H25FN6S. The highest BCUT2D eigenvalue weighted by atomic mass is 32.2. The van der Waals surface area contributed by atoms with Crippen LogP contribution in [0, 0.1) is 5.82 Å². The largest absolute Gasteiger partial charge is 0.398 e. The maximum Gasteiger partial charge on any atom is 0.154 e. The first-order valence-corrected chi connectivity index (χ1v) is 8.66. The van der Waals surface area contributed by atoms with Crippen LogP contribution in [0.15, 0.2) is 52.5 Å². The van der Waals surface area contributed by atoms with Crippen molar-refractivity contribution in [3.05, 3.63) is 59.4 Å². The smallest absolute Gasteiger partial charge is 0.154 e. The molecule has 0 amide bonds. The third-order valence-corrected chi connectivity index (χ3v) is 3.74. The van der Waals surface area contributed by atoms with Gasteiger partial charge in [-0.15, -0.1) is 5.10 Å². The van der Waals surface area contributed by atoms with E-state index < -0.39 is 0 Å². The summed E-state index contributed by atoms with van der Waals surface area (Å²) in [6, 6.07) is 11.8. The zero-order chi connectivity index (χ0) is 18.8. The summed E-state index contributed by atoms with van der Waals surface area (Å²) >= 11 is 1.43. The quantitative estimate of drug-likeness (QED) is 0.157. The Labute approximate surface area is 152 Å². The van der Waals surface area contributed by atoms with Crippen molar-refractivity contribution in [2.75, 3.05) is 12.8 Å². The van der Waals surface area contributed by atoms with Crippen LogP contribution in [0.1, 0.15) is 25.0 Å². The number of hydrogen-bond donors (Lipinski definition) is 4. The molecule has 136 valence electrons. The highest BCUT2D eigenvalue weighted by molar-refractivity contribution is 7.97. The number of nitrogens with two attached hydrogens (primary N) is 3. The molecular weight excluding hydrogens is 339 g/mol. The molecule has 0 aliphatic heterocycles. The van der Waals surface area contributed by atoms with Gasteiger partial charge in [0, 0.05) is 21.7 Å². The first-order chi connectivity index (χ1) is 12.0. The highest BCUT2D eigenvalue weighted by Crippen LogP contribution is 2.20. The van der Waals surface area contributed by atoms with Crippen LogP contribution in [-0.4, -0.2) is 18.0 Å². The van der Waals surface area contributed by atoms with Crippen LogP contribution in [0.25, 0.3) is 0 Å². The van der Waals surface area contributed by atoms with Crippen LogP contribution in [0.5, 0.6) is 0 Å². The molecule has 0 aromatic heterocycles. The van der Waals surface area contributed by atoms with E-state index in [-0.39, 0.29) is 18.2 Å². The molecule has 2 aromatic rings. The van der Waals surface area contributed by atoms with Gasteiger partial charge in [0.25, 0.3) is 0 Å². The summed E-state index contributed by atoms with van der Waals surface area (Å²) in [5, 5.41) is 5.16. The predicted molar refractivity (Wildman–Crippen MR) is 104 cm³/mol. The Morgan fingerprint density at radius 1 is 1.24 bits per heavy atom. The van der Waals surface area contributed by atoms with E-state index in [1.807, 2.05) is 33.0 Å². The molecule has 0 radical (unpaired) electrons. The maximum absolute atomic E-state index is 13.6. The molecule has 0 saturated heterocycles. The summed E-state index contributed by atoms with van der Waals surface area (Å²) in [5.74, 6) is 5.62. The zero-order valence-corrected chi connectivity index (χ0v) is 15.5. The van der Waals surface area contributed by atoms with Gasteiger partial charge < -0.3 is 11.5 Å². The minimum Gasteiger partial charge on any atom is -0.398 e. The van der Waals surface area contributed by atoms with Crippen LogP contribution >= 0.6 is 11.9 Å².